The molecular formula is C32H53NO. The molecule has 34 heavy (non-hydrogen) atoms. The summed E-state index contributed by atoms with van der Waals surface area (Å²) < 4.78 is 0. The maximum atomic E-state index is 10.2. The summed E-state index contributed by atoms with van der Waals surface area (Å²) in [4.78, 5) is 0. The molecule has 0 aromatic heterocycles. The van der Waals surface area contributed by atoms with Crippen LogP contribution in [-0.4, -0.2) is 17.3 Å². The van der Waals surface area contributed by atoms with E-state index in [2.05, 4.69) is 52.0 Å². The third-order valence-electron chi connectivity index (χ3n) is 11.1. The summed E-state index contributed by atoms with van der Waals surface area (Å²) in [6.07, 6.45) is 27.2. The molecule has 0 aromatic rings. The first-order valence-electron chi connectivity index (χ1n) is 14.7. The molecule has 3 N–H and O–H groups in total. The number of hydrogen-bond acceptors (Lipinski definition) is 2. The molecule has 0 amide bonds. The van der Waals surface area contributed by atoms with Gasteiger partial charge in [0.1, 0.15) is 0 Å². The van der Waals surface area contributed by atoms with Crippen LogP contribution in [0, 0.1) is 34.5 Å². The van der Waals surface area contributed by atoms with Crippen LogP contribution >= 0.6 is 0 Å². The van der Waals surface area contributed by atoms with E-state index in [9.17, 15) is 5.11 Å². The molecule has 0 saturated heterocycles. The second kappa shape index (κ2) is 10.6. The Morgan fingerprint density at radius 2 is 1.91 bits per heavy atom. The summed E-state index contributed by atoms with van der Waals surface area (Å²) >= 11 is 0. The van der Waals surface area contributed by atoms with Gasteiger partial charge in [0.15, 0.2) is 0 Å². The van der Waals surface area contributed by atoms with Gasteiger partial charge in [-0.15, -0.1) is 0 Å². The second-order valence-electron chi connectivity index (χ2n) is 13.1. The molecule has 0 radical (unpaired) electrons. The van der Waals surface area contributed by atoms with Crippen LogP contribution in [0.5, 0.6) is 0 Å². The van der Waals surface area contributed by atoms with E-state index in [0.717, 1.165) is 18.3 Å². The van der Waals surface area contributed by atoms with Crippen molar-refractivity contribution in [1.29, 1.82) is 0 Å². The van der Waals surface area contributed by atoms with Crippen molar-refractivity contribution in [1.82, 2.24) is 0 Å². The first-order chi connectivity index (χ1) is 16.3. The van der Waals surface area contributed by atoms with Crippen LogP contribution in [0.2, 0.25) is 0 Å². The normalized spacial score (nSPS) is 40.4. The molecule has 2 fully saturated rings. The lowest BCUT2D eigenvalue weighted by atomic mass is 9.45. The highest BCUT2D eigenvalue weighted by Gasteiger charge is 2.63. The fraction of sp³-hybridized carbons (Fsp3) is 0.812. The number of unbranched alkanes of at least 4 members (excludes halogenated alkanes) is 1. The summed E-state index contributed by atoms with van der Waals surface area (Å²) in [5.41, 5.74) is 10.7. The number of nitrogens with two attached hydrogens (primary N) is 1. The van der Waals surface area contributed by atoms with Gasteiger partial charge in [0.2, 0.25) is 0 Å². The maximum Gasteiger partial charge on any atom is 0.0647 e. The molecule has 192 valence electrons. The number of fused-ring (bicyclic) bond motifs is 3. The van der Waals surface area contributed by atoms with Crippen molar-refractivity contribution in [3.05, 3.63) is 35.5 Å². The molecule has 0 aromatic carbocycles. The average Bonchev–Trinajstić information content (AvgIpc) is 3.16. The van der Waals surface area contributed by atoms with Gasteiger partial charge in [0.05, 0.1) is 6.61 Å². The number of aliphatic hydroxyl groups is 1. The number of rotatable bonds is 10. The molecule has 4 rings (SSSR count). The van der Waals surface area contributed by atoms with Crippen molar-refractivity contribution in [2.24, 2.45) is 40.2 Å². The molecule has 4 aliphatic carbocycles. The summed E-state index contributed by atoms with van der Waals surface area (Å²) in [5.74, 6) is 2.78. The molecule has 0 spiro atoms. The van der Waals surface area contributed by atoms with E-state index >= 15 is 0 Å². The van der Waals surface area contributed by atoms with Crippen LogP contribution in [0.4, 0.5) is 0 Å². The van der Waals surface area contributed by atoms with Gasteiger partial charge in [-0.05, 0) is 104 Å². The fourth-order valence-electron chi connectivity index (χ4n) is 9.13. The van der Waals surface area contributed by atoms with E-state index < -0.39 is 0 Å². The Hall–Kier alpha value is -0.860. The Labute approximate surface area is 210 Å². The minimum atomic E-state index is -0.0873. The minimum Gasteiger partial charge on any atom is -0.392 e. The fourth-order valence-corrected chi connectivity index (χ4v) is 9.13. The summed E-state index contributed by atoms with van der Waals surface area (Å²) in [7, 11) is 0. The smallest absolute Gasteiger partial charge is 0.0647 e. The van der Waals surface area contributed by atoms with Crippen molar-refractivity contribution < 1.29 is 5.11 Å². The summed E-state index contributed by atoms with van der Waals surface area (Å²) in [6, 6.07) is 0. The highest BCUT2D eigenvalue weighted by Crippen LogP contribution is 2.66. The molecule has 0 heterocycles. The van der Waals surface area contributed by atoms with Crippen molar-refractivity contribution in [3.8, 4) is 0 Å². The van der Waals surface area contributed by atoms with Crippen molar-refractivity contribution in [2.75, 3.05) is 6.61 Å². The third-order valence-corrected chi connectivity index (χ3v) is 11.1. The first-order valence-corrected chi connectivity index (χ1v) is 14.7. The van der Waals surface area contributed by atoms with Gasteiger partial charge in [0.25, 0.3) is 0 Å². The van der Waals surface area contributed by atoms with Gasteiger partial charge in [-0.3, -0.25) is 0 Å². The Bertz CT molecular complexity index is 795. The molecule has 2 heteroatoms. The van der Waals surface area contributed by atoms with Gasteiger partial charge in [-0.2, -0.15) is 0 Å². The number of aliphatic hydroxyl groups excluding tert-OH is 1. The first kappa shape index (κ1) is 26.2. The summed E-state index contributed by atoms with van der Waals surface area (Å²) in [6.45, 7) is 9.99. The van der Waals surface area contributed by atoms with Crippen LogP contribution < -0.4 is 5.73 Å². The molecule has 2 saturated carbocycles. The Morgan fingerprint density at radius 3 is 2.62 bits per heavy atom. The zero-order chi connectivity index (χ0) is 24.4. The van der Waals surface area contributed by atoms with Crippen LogP contribution in [0.25, 0.3) is 0 Å². The lowest BCUT2D eigenvalue weighted by Gasteiger charge is -2.62. The predicted octanol–water partition coefficient (Wildman–Crippen LogP) is 8.12. The molecule has 7 unspecified atom stereocenters. The predicted molar refractivity (Wildman–Crippen MR) is 145 cm³/mol. The zero-order valence-corrected chi connectivity index (χ0v) is 22.7. The standard InChI is InChI=1S/C32H53NO/c1-5-6-19-30(3)27(23-34)17-21-32(33)28-16-15-26(31(28,4)20-18-29(30)32)14-10-11-24(2)22-25-12-8-7-9-13-25/h8,12-13,17,24,26,28-29,34H,5-7,9-11,14-16,18-23,33H2,1-4H3. The Balaban J connectivity index is 1.41. The summed E-state index contributed by atoms with van der Waals surface area (Å²) in [5, 5.41) is 10.2. The minimum absolute atomic E-state index is 0.0782. The van der Waals surface area contributed by atoms with Crippen LogP contribution in [-0.2, 0) is 0 Å². The van der Waals surface area contributed by atoms with E-state index in [1.165, 1.54) is 89.0 Å². The van der Waals surface area contributed by atoms with Gasteiger partial charge < -0.3 is 10.8 Å². The van der Waals surface area contributed by atoms with Crippen molar-refractivity contribution in [3.63, 3.8) is 0 Å². The topological polar surface area (TPSA) is 46.2 Å². The van der Waals surface area contributed by atoms with Crippen LogP contribution in [0.3, 0.4) is 0 Å². The number of allylic oxidation sites excluding steroid dienone is 4. The Kier molecular flexibility index (Phi) is 8.20. The lowest BCUT2D eigenvalue weighted by molar-refractivity contribution is -0.0600. The van der Waals surface area contributed by atoms with Gasteiger partial charge in [-0.1, -0.05) is 83.3 Å². The molecular weight excluding hydrogens is 414 g/mol. The highest BCUT2D eigenvalue weighted by atomic mass is 16.3. The van der Waals surface area contributed by atoms with Crippen LogP contribution in [0.15, 0.2) is 35.5 Å². The van der Waals surface area contributed by atoms with E-state index in [-0.39, 0.29) is 17.6 Å². The van der Waals surface area contributed by atoms with E-state index in [4.69, 9.17) is 5.73 Å². The Morgan fingerprint density at radius 1 is 1.09 bits per heavy atom. The SMILES string of the molecule is CCCCC1(C)C(CO)=CCC2(N)C1CCC1(C)C(CCCC(C)CC3=CCCC=C3)CCC12. The largest absolute Gasteiger partial charge is 0.392 e. The average molecular weight is 468 g/mol. The quantitative estimate of drug-likeness (QED) is 0.319. The van der Waals surface area contributed by atoms with Gasteiger partial charge in [-0.25, -0.2) is 0 Å². The molecule has 0 bridgehead atoms. The van der Waals surface area contributed by atoms with Crippen molar-refractivity contribution in [2.45, 2.75) is 123 Å². The molecule has 0 aliphatic heterocycles. The lowest BCUT2D eigenvalue weighted by Crippen LogP contribution is -2.65. The van der Waals surface area contributed by atoms with Gasteiger partial charge in [0, 0.05) is 5.54 Å². The van der Waals surface area contributed by atoms with E-state index in [1.54, 1.807) is 5.57 Å². The monoisotopic (exact) mass is 467 g/mol. The van der Waals surface area contributed by atoms with Crippen LogP contribution in [0.1, 0.15) is 118 Å². The number of hydrogen-bond donors (Lipinski definition) is 2. The highest BCUT2D eigenvalue weighted by molar-refractivity contribution is 5.29. The second-order valence-corrected chi connectivity index (χ2v) is 13.1. The van der Waals surface area contributed by atoms with Gasteiger partial charge >= 0.3 is 0 Å². The molecule has 7 atom stereocenters. The maximum absolute atomic E-state index is 10.2. The molecule has 4 aliphatic rings. The van der Waals surface area contributed by atoms with E-state index in [0.29, 0.717) is 17.3 Å². The van der Waals surface area contributed by atoms with E-state index in [1.807, 2.05) is 0 Å². The zero-order valence-electron chi connectivity index (χ0n) is 22.7. The van der Waals surface area contributed by atoms with Crippen molar-refractivity contribution >= 4 is 0 Å². The molecule has 2 nitrogen and oxygen atoms in total. The third kappa shape index (κ3) is 4.75.